The molecular weight excluding hydrogens is 381 g/mol. The molecule has 150 valence electrons. The fraction of sp³-hybridized carbons (Fsp3) is 0.174. The fourth-order valence-electron chi connectivity index (χ4n) is 3.84. The normalized spacial score (nSPS) is 12.8. The van der Waals surface area contributed by atoms with Crippen LogP contribution in [-0.2, 0) is 13.1 Å². The summed E-state index contributed by atoms with van der Waals surface area (Å²) < 4.78 is 20.8. The molecule has 0 spiro atoms. The molecule has 3 heterocycles. The molecule has 0 saturated carbocycles. The predicted molar refractivity (Wildman–Crippen MR) is 112 cm³/mol. The number of halogens is 1. The van der Waals surface area contributed by atoms with E-state index in [4.69, 9.17) is 4.74 Å². The highest BCUT2D eigenvalue weighted by molar-refractivity contribution is 5.71. The predicted octanol–water partition coefficient (Wildman–Crippen LogP) is 4.06. The quantitative estimate of drug-likeness (QED) is 0.561. The summed E-state index contributed by atoms with van der Waals surface area (Å²) in [6, 6.07) is 16.8. The molecule has 0 radical (unpaired) electrons. The Kier molecular flexibility index (Phi) is 4.52. The van der Waals surface area contributed by atoms with Gasteiger partial charge in [0.1, 0.15) is 5.82 Å². The van der Waals surface area contributed by atoms with Crippen molar-refractivity contribution in [1.82, 2.24) is 25.1 Å². The van der Waals surface area contributed by atoms with E-state index in [2.05, 4.69) is 20.5 Å². The molecule has 0 amide bonds. The van der Waals surface area contributed by atoms with E-state index in [0.29, 0.717) is 19.0 Å². The molecule has 0 bridgehead atoms. The third-order valence-electron chi connectivity index (χ3n) is 5.32. The standard InChI is InChI=1S/C23H20FN5O/c1-14-11-17(24)7-8-18(14)15-3-5-16(6-4-15)23-28-27-21-13-25-12-19-20(29(21)23)9-10-22(26-19)30-2/h3-11,25H,12-13H2,1-2H3. The molecule has 0 fully saturated rings. The van der Waals surface area contributed by atoms with E-state index in [1.807, 2.05) is 54.0 Å². The second-order valence-corrected chi connectivity index (χ2v) is 7.23. The Morgan fingerprint density at radius 1 is 0.967 bits per heavy atom. The van der Waals surface area contributed by atoms with Crippen LogP contribution < -0.4 is 10.1 Å². The zero-order valence-corrected chi connectivity index (χ0v) is 16.7. The van der Waals surface area contributed by atoms with Crippen molar-refractivity contribution in [3.8, 4) is 34.1 Å². The number of methoxy groups -OCH3 is 1. The van der Waals surface area contributed by atoms with Crippen LogP contribution >= 0.6 is 0 Å². The van der Waals surface area contributed by atoms with Gasteiger partial charge in [-0.3, -0.25) is 4.57 Å². The van der Waals surface area contributed by atoms with Crippen molar-refractivity contribution in [2.45, 2.75) is 20.0 Å². The van der Waals surface area contributed by atoms with Gasteiger partial charge in [0.05, 0.1) is 25.0 Å². The van der Waals surface area contributed by atoms with Crippen LogP contribution in [0.15, 0.2) is 54.6 Å². The summed E-state index contributed by atoms with van der Waals surface area (Å²) in [5.41, 5.74) is 5.70. The largest absolute Gasteiger partial charge is 0.481 e. The van der Waals surface area contributed by atoms with Gasteiger partial charge in [-0.2, -0.15) is 0 Å². The van der Waals surface area contributed by atoms with Crippen molar-refractivity contribution in [3.05, 3.63) is 77.5 Å². The lowest BCUT2D eigenvalue weighted by Gasteiger charge is -2.12. The summed E-state index contributed by atoms with van der Waals surface area (Å²) in [6.07, 6.45) is 0. The smallest absolute Gasteiger partial charge is 0.213 e. The molecule has 1 aliphatic heterocycles. The SMILES string of the molecule is COc1ccc2c(n1)CNCc1nnc(-c3ccc(-c4ccc(F)cc4C)cc3)n1-2. The monoisotopic (exact) mass is 401 g/mol. The fourth-order valence-corrected chi connectivity index (χ4v) is 3.84. The maximum absolute atomic E-state index is 13.4. The number of hydrogen-bond acceptors (Lipinski definition) is 5. The van der Waals surface area contributed by atoms with Crippen LogP contribution in [0, 0.1) is 12.7 Å². The zero-order chi connectivity index (χ0) is 20.7. The van der Waals surface area contributed by atoms with Crippen LogP contribution in [0.25, 0.3) is 28.2 Å². The van der Waals surface area contributed by atoms with Crippen LogP contribution in [0.2, 0.25) is 0 Å². The Bertz CT molecular complexity index is 1230. The number of aromatic nitrogens is 4. The van der Waals surface area contributed by atoms with Gasteiger partial charge >= 0.3 is 0 Å². The van der Waals surface area contributed by atoms with E-state index in [1.165, 1.54) is 6.07 Å². The molecule has 1 aliphatic rings. The topological polar surface area (TPSA) is 64.9 Å². The number of rotatable bonds is 3. The van der Waals surface area contributed by atoms with Gasteiger partial charge in [-0.25, -0.2) is 9.37 Å². The van der Waals surface area contributed by atoms with Gasteiger partial charge in [0.25, 0.3) is 0 Å². The minimum absolute atomic E-state index is 0.225. The van der Waals surface area contributed by atoms with Crippen molar-refractivity contribution >= 4 is 0 Å². The highest BCUT2D eigenvalue weighted by Crippen LogP contribution is 2.30. The number of hydrogen-bond donors (Lipinski definition) is 1. The average Bonchev–Trinajstić information content (AvgIpc) is 3.09. The molecule has 0 saturated heterocycles. The molecule has 0 unspecified atom stereocenters. The molecule has 2 aromatic heterocycles. The first kappa shape index (κ1) is 18.4. The van der Waals surface area contributed by atoms with Crippen molar-refractivity contribution < 1.29 is 9.13 Å². The molecule has 1 N–H and O–H groups in total. The van der Waals surface area contributed by atoms with E-state index in [9.17, 15) is 4.39 Å². The molecule has 30 heavy (non-hydrogen) atoms. The van der Waals surface area contributed by atoms with E-state index in [1.54, 1.807) is 13.2 Å². The summed E-state index contributed by atoms with van der Waals surface area (Å²) in [5.74, 6) is 1.93. The van der Waals surface area contributed by atoms with Gasteiger partial charge in [-0.05, 0) is 41.8 Å². The van der Waals surface area contributed by atoms with Crippen LogP contribution in [0.1, 0.15) is 17.1 Å². The summed E-state index contributed by atoms with van der Waals surface area (Å²) in [5, 5.41) is 12.2. The number of benzene rings is 2. The second kappa shape index (κ2) is 7.35. The van der Waals surface area contributed by atoms with Crippen LogP contribution in [0.3, 0.4) is 0 Å². The van der Waals surface area contributed by atoms with Gasteiger partial charge in [-0.1, -0.05) is 30.3 Å². The Hall–Kier alpha value is -3.58. The maximum Gasteiger partial charge on any atom is 0.213 e. The van der Waals surface area contributed by atoms with E-state index < -0.39 is 0 Å². The summed E-state index contributed by atoms with van der Waals surface area (Å²) in [7, 11) is 1.61. The third kappa shape index (κ3) is 3.13. The van der Waals surface area contributed by atoms with Crippen molar-refractivity contribution in [2.24, 2.45) is 0 Å². The molecule has 6 nitrogen and oxygen atoms in total. The van der Waals surface area contributed by atoms with E-state index in [0.717, 1.165) is 45.3 Å². The summed E-state index contributed by atoms with van der Waals surface area (Å²) in [4.78, 5) is 4.58. The summed E-state index contributed by atoms with van der Waals surface area (Å²) >= 11 is 0. The van der Waals surface area contributed by atoms with Crippen LogP contribution in [0.5, 0.6) is 5.88 Å². The van der Waals surface area contributed by atoms with Gasteiger partial charge in [0.2, 0.25) is 5.88 Å². The Morgan fingerprint density at radius 2 is 1.77 bits per heavy atom. The average molecular weight is 401 g/mol. The maximum atomic E-state index is 13.4. The van der Waals surface area contributed by atoms with Crippen LogP contribution in [0.4, 0.5) is 4.39 Å². The molecule has 2 aromatic carbocycles. The van der Waals surface area contributed by atoms with E-state index in [-0.39, 0.29) is 5.82 Å². The van der Waals surface area contributed by atoms with E-state index >= 15 is 0 Å². The lowest BCUT2D eigenvalue weighted by atomic mass is 9.99. The Morgan fingerprint density at radius 3 is 2.53 bits per heavy atom. The zero-order valence-electron chi connectivity index (χ0n) is 16.7. The minimum atomic E-state index is -0.225. The molecule has 5 rings (SSSR count). The third-order valence-corrected chi connectivity index (χ3v) is 5.32. The lowest BCUT2D eigenvalue weighted by molar-refractivity contribution is 0.395. The number of nitrogens with zero attached hydrogens (tertiary/aromatic N) is 4. The highest BCUT2D eigenvalue weighted by Gasteiger charge is 2.22. The molecule has 4 aromatic rings. The first-order valence-electron chi connectivity index (χ1n) is 9.70. The Balaban J connectivity index is 1.57. The van der Waals surface area contributed by atoms with Gasteiger partial charge in [-0.15, -0.1) is 10.2 Å². The number of pyridine rings is 1. The highest BCUT2D eigenvalue weighted by atomic mass is 19.1. The van der Waals surface area contributed by atoms with Gasteiger partial charge in [0, 0.05) is 18.2 Å². The molecule has 0 aliphatic carbocycles. The van der Waals surface area contributed by atoms with Gasteiger partial charge < -0.3 is 10.1 Å². The first-order chi connectivity index (χ1) is 14.6. The first-order valence-corrected chi connectivity index (χ1v) is 9.70. The minimum Gasteiger partial charge on any atom is -0.481 e. The second-order valence-electron chi connectivity index (χ2n) is 7.23. The Labute approximate surface area is 173 Å². The number of fused-ring (bicyclic) bond motifs is 3. The molecule has 7 heteroatoms. The van der Waals surface area contributed by atoms with Crippen molar-refractivity contribution in [1.29, 1.82) is 0 Å². The number of ether oxygens (including phenoxy) is 1. The number of nitrogens with one attached hydrogen (secondary N) is 1. The molecule has 0 atom stereocenters. The lowest BCUT2D eigenvalue weighted by Crippen LogP contribution is -2.12. The van der Waals surface area contributed by atoms with Crippen LogP contribution in [-0.4, -0.2) is 26.9 Å². The number of aryl methyl sites for hydroxylation is 1. The molecular formula is C23H20FN5O. The summed E-state index contributed by atoms with van der Waals surface area (Å²) in [6.45, 7) is 3.13. The van der Waals surface area contributed by atoms with Crippen molar-refractivity contribution in [3.63, 3.8) is 0 Å². The van der Waals surface area contributed by atoms with Gasteiger partial charge in [0.15, 0.2) is 11.6 Å². The van der Waals surface area contributed by atoms with Crippen molar-refractivity contribution in [2.75, 3.05) is 7.11 Å².